The van der Waals surface area contributed by atoms with Crippen LogP contribution < -0.4 is 5.73 Å². The summed E-state index contributed by atoms with van der Waals surface area (Å²) in [4.78, 5) is 12.0. The monoisotopic (exact) mass is 315 g/mol. The van der Waals surface area contributed by atoms with Gasteiger partial charge in [-0.25, -0.2) is 15.0 Å². The molecule has 1 saturated heterocycles. The van der Waals surface area contributed by atoms with Gasteiger partial charge in [0.1, 0.15) is 30.2 Å². The molecule has 1 aliphatic rings. The number of nitrogens with zero attached hydrogens (tertiary/aromatic N) is 4. The van der Waals surface area contributed by atoms with Gasteiger partial charge in [-0.15, -0.1) is 0 Å². The largest absolute Gasteiger partial charge is 0.394 e. The zero-order valence-corrected chi connectivity index (χ0v) is 12.2. The highest BCUT2D eigenvalue weighted by Gasteiger charge is 2.52. The van der Waals surface area contributed by atoms with Crippen molar-refractivity contribution in [1.29, 1.82) is 0 Å². The predicted octanol–water partition coefficient (Wildman–Crippen LogP) is -1.69. The Hall–Kier alpha value is -1.46. The maximum atomic E-state index is 10.2. The second kappa shape index (κ2) is 5.39. The predicted molar refractivity (Wildman–Crippen MR) is 77.7 cm³/mol. The molecule has 0 unspecified atom stereocenters. The second-order valence-corrected chi connectivity index (χ2v) is 4.87. The van der Waals surface area contributed by atoms with E-state index < -0.39 is 30.6 Å². The van der Waals surface area contributed by atoms with Crippen LogP contribution in [0.3, 0.4) is 0 Å². The van der Waals surface area contributed by atoms with Crippen LogP contribution in [-0.4, -0.2) is 59.8 Å². The second-order valence-electron chi connectivity index (χ2n) is 4.87. The number of aromatic nitrogens is 4. The summed E-state index contributed by atoms with van der Waals surface area (Å²) >= 11 is 0. The first-order chi connectivity index (χ1) is 9.49. The van der Waals surface area contributed by atoms with Gasteiger partial charge in [-0.2, -0.15) is 13.5 Å². The van der Waals surface area contributed by atoms with Crippen LogP contribution in [0.25, 0.3) is 11.2 Å². The highest BCUT2D eigenvalue weighted by molar-refractivity contribution is 7.59. The van der Waals surface area contributed by atoms with Crippen LogP contribution in [0.5, 0.6) is 0 Å². The highest BCUT2D eigenvalue weighted by Crippen LogP contribution is 2.37. The summed E-state index contributed by atoms with van der Waals surface area (Å²) < 4.78 is 7.06. The van der Waals surface area contributed by atoms with Crippen molar-refractivity contribution in [2.45, 2.75) is 31.0 Å². The number of aliphatic hydroxyl groups excluding tert-OH is 3. The number of anilines is 1. The van der Waals surface area contributed by atoms with Gasteiger partial charge in [-0.05, 0) is 6.92 Å². The molecule has 1 fully saturated rings. The number of ether oxygens (including phenoxy) is 1. The minimum Gasteiger partial charge on any atom is -0.394 e. The van der Waals surface area contributed by atoms with Crippen molar-refractivity contribution in [3.05, 3.63) is 12.7 Å². The fourth-order valence-electron chi connectivity index (χ4n) is 2.49. The minimum absolute atomic E-state index is 0. The Bertz CT molecular complexity index is 653. The number of hydrogen-bond acceptors (Lipinski definition) is 8. The molecule has 4 atom stereocenters. The van der Waals surface area contributed by atoms with Crippen LogP contribution in [0.2, 0.25) is 0 Å². The summed E-state index contributed by atoms with van der Waals surface area (Å²) in [5.74, 6) is 0.212. The lowest BCUT2D eigenvalue weighted by Crippen LogP contribution is -2.43. The number of imidazole rings is 1. The van der Waals surface area contributed by atoms with Gasteiger partial charge < -0.3 is 25.8 Å². The molecule has 3 heterocycles. The van der Waals surface area contributed by atoms with Crippen LogP contribution >= 0.6 is 13.5 Å². The maximum absolute atomic E-state index is 10.2. The van der Waals surface area contributed by atoms with E-state index in [9.17, 15) is 15.3 Å². The lowest BCUT2D eigenvalue weighted by Gasteiger charge is -2.29. The first-order valence-electron chi connectivity index (χ1n) is 6.08. The Morgan fingerprint density at radius 1 is 1.38 bits per heavy atom. The van der Waals surface area contributed by atoms with E-state index in [4.69, 9.17) is 10.5 Å². The van der Waals surface area contributed by atoms with Gasteiger partial charge in [0.2, 0.25) is 0 Å². The van der Waals surface area contributed by atoms with E-state index in [1.54, 1.807) is 6.92 Å². The fourth-order valence-corrected chi connectivity index (χ4v) is 2.49. The summed E-state index contributed by atoms with van der Waals surface area (Å²) in [5, 5.41) is 29.3. The third-order valence-corrected chi connectivity index (χ3v) is 3.66. The first kappa shape index (κ1) is 15.9. The van der Waals surface area contributed by atoms with E-state index in [2.05, 4.69) is 15.0 Å². The zero-order valence-electron chi connectivity index (χ0n) is 11.2. The molecule has 9 nitrogen and oxygen atoms in total. The Balaban J connectivity index is 0.00000161. The van der Waals surface area contributed by atoms with Crippen LogP contribution in [-0.2, 0) is 10.5 Å². The highest BCUT2D eigenvalue weighted by atomic mass is 32.1. The molecule has 0 spiro atoms. The van der Waals surface area contributed by atoms with E-state index in [-0.39, 0.29) is 19.3 Å². The van der Waals surface area contributed by atoms with Gasteiger partial charge in [0, 0.05) is 0 Å². The average molecular weight is 315 g/mol. The number of aliphatic hydroxyl groups is 3. The summed E-state index contributed by atoms with van der Waals surface area (Å²) in [7, 11) is 0. The lowest BCUT2D eigenvalue weighted by atomic mass is 10.0. The SMILES string of the molecule is C[C@@]1(n2cnc3c(N)ncnc32)O[C@H](CO)[C@@H](O)[C@H]1O.S. The third kappa shape index (κ3) is 2.15. The molecule has 0 aromatic carbocycles. The van der Waals surface area contributed by atoms with Gasteiger partial charge in [0.15, 0.2) is 17.2 Å². The average Bonchev–Trinajstić information content (AvgIpc) is 2.96. The first-order valence-corrected chi connectivity index (χ1v) is 6.08. The summed E-state index contributed by atoms with van der Waals surface area (Å²) in [5.41, 5.74) is 5.16. The normalized spacial score (nSPS) is 32.3. The number of nitrogens with two attached hydrogens (primary N) is 1. The fraction of sp³-hybridized carbons (Fsp3) is 0.545. The number of hydrogen-bond donors (Lipinski definition) is 4. The Morgan fingerprint density at radius 2 is 2.10 bits per heavy atom. The molecule has 0 saturated carbocycles. The molecule has 3 rings (SSSR count). The van der Waals surface area contributed by atoms with Crippen LogP contribution in [0, 0.1) is 0 Å². The molecule has 0 radical (unpaired) electrons. The molecule has 0 bridgehead atoms. The van der Waals surface area contributed by atoms with Crippen molar-refractivity contribution in [3.8, 4) is 0 Å². The minimum atomic E-state index is -1.30. The third-order valence-electron chi connectivity index (χ3n) is 3.66. The summed E-state index contributed by atoms with van der Waals surface area (Å²) in [6, 6.07) is 0. The Morgan fingerprint density at radius 3 is 2.71 bits per heavy atom. The molecule has 0 aliphatic carbocycles. The molecule has 10 heteroatoms. The Labute approximate surface area is 126 Å². The zero-order chi connectivity index (χ0) is 14.5. The van der Waals surface area contributed by atoms with Gasteiger partial charge in [-0.1, -0.05) is 0 Å². The van der Waals surface area contributed by atoms with Gasteiger partial charge in [-0.3, -0.25) is 4.57 Å². The molecular formula is C11H17N5O4S. The van der Waals surface area contributed by atoms with E-state index in [1.165, 1.54) is 17.2 Å². The lowest BCUT2D eigenvalue weighted by molar-refractivity contribution is -0.132. The van der Waals surface area contributed by atoms with Crippen molar-refractivity contribution < 1.29 is 20.1 Å². The molecule has 2 aromatic rings. The van der Waals surface area contributed by atoms with Gasteiger partial charge >= 0.3 is 0 Å². The van der Waals surface area contributed by atoms with E-state index in [1.807, 2.05) is 0 Å². The van der Waals surface area contributed by atoms with Crippen molar-refractivity contribution in [3.63, 3.8) is 0 Å². The number of fused-ring (bicyclic) bond motifs is 1. The molecule has 1 aliphatic heterocycles. The van der Waals surface area contributed by atoms with E-state index in [0.29, 0.717) is 11.2 Å². The van der Waals surface area contributed by atoms with Crippen LogP contribution in [0.1, 0.15) is 6.92 Å². The molecular weight excluding hydrogens is 298 g/mol. The van der Waals surface area contributed by atoms with Gasteiger partial charge in [0.05, 0.1) is 12.9 Å². The summed E-state index contributed by atoms with van der Waals surface area (Å²) in [6.45, 7) is 1.17. The topological polar surface area (TPSA) is 140 Å². The molecule has 0 amide bonds. The number of nitrogen functional groups attached to an aromatic ring is 1. The van der Waals surface area contributed by atoms with E-state index >= 15 is 0 Å². The molecule has 116 valence electrons. The molecule has 21 heavy (non-hydrogen) atoms. The molecule has 5 N–H and O–H groups in total. The van der Waals surface area contributed by atoms with Crippen molar-refractivity contribution in [2.24, 2.45) is 0 Å². The van der Waals surface area contributed by atoms with Crippen LogP contribution in [0.15, 0.2) is 12.7 Å². The van der Waals surface area contributed by atoms with Crippen LogP contribution in [0.4, 0.5) is 5.82 Å². The van der Waals surface area contributed by atoms with Crippen molar-refractivity contribution in [1.82, 2.24) is 19.5 Å². The van der Waals surface area contributed by atoms with E-state index in [0.717, 1.165) is 0 Å². The van der Waals surface area contributed by atoms with Crippen molar-refractivity contribution in [2.75, 3.05) is 12.3 Å². The number of rotatable bonds is 2. The maximum Gasteiger partial charge on any atom is 0.173 e. The van der Waals surface area contributed by atoms with Gasteiger partial charge in [0.25, 0.3) is 0 Å². The smallest absolute Gasteiger partial charge is 0.173 e. The molecule has 2 aromatic heterocycles. The Kier molecular flexibility index (Phi) is 4.08. The standard InChI is InChI=1S/C11H15N5O4.H2S/c1-11(8(19)7(18)5(2-17)20-11)16-4-15-6-9(12)13-3-14-10(6)16;/h3-5,7-8,17-19H,2H2,1H3,(H2,12,13,14);1H2/t5-,7-,8-,11-;/m1./s1. The van der Waals surface area contributed by atoms with Crippen molar-refractivity contribution >= 4 is 30.5 Å². The quantitative estimate of drug-likeness (QED) is 0.514. The summed E-state index contributed by atoms with van der Waals surface area (Å²) in [6.07, 6.45) is -0.646.